The Morgan fingerprint density at radius 3 is 2.66 bits per heavy atom. The van der Waals surface area contributed by atoms with Gasteiger partial charge in [-0.2, -0.15) is 4.98 Å². The second-order valence-corrected chi connectivity index (χ2v) is 8.97. The monoisotopic (exact) mass is 437 g/mol. The molecule has 1 aromatic carbocycles. The van der Waals surface area contributed by atoms with Crippen LogP contribution in [0.5, 0.6) is 0 Å². The highest BCUT2D eigenvalue weighted by atomic mass is 16.2. The van der Waals surface area contributed by atoms with Crippen molar-refractivity contribution in [2.45, 2.75) is 70.8 Å². The summed E-state index contributed by atoms with van der Waals surface area (Å²) >= 11 is 0. The first-order valence-corrected chi connectivity index (χ1v) is 11.5. The number of hydrogen-bond donors (Lipinski definition) is 3. The fourth-order valence-corrected chi connectivity index (χ4v) is 4.60. The molecule has 32 heavy (non-hydrogen) atoms. The molecule has 0 saturated carbocycles. The summed E-state index contributed by atoms with van der Waals surface area (Å²) in [4.78, 5) is 48.1. The molecule has 8 nitrogen and oxygen atoms in total. The van der Waals surface area contributed by atoms with Crippen molar-refractivity contribution in [3.05, 3.63) is 45.7 Å². The van der Waals surface area contributed by atoms with Gasteiger partial charge in [-0.05, 0) is 49.3 Å². The second-order valence-electron chi connectivity index (χ2n) is 8.97. The summed E-state index contributed by atoms with van der Waals surface area (Å²) in [5.74, 6) is -0.552. The van der Waals surface area contributed by atoms with Crippen LogP contribution in [0.2, 0.25) is 0 Å². The van der Waals surface area contributed by atoms with Crippen LogP contribution in [-0.4, -0.2) is 34.4 Å². The summed E-state index contributed by atoms with van der Waals surface area (Å²) in [7, 11) is 0. The molecular formula is C24H31N5O3. The first kappa shape index (κ1) is 22.0. The Kier molecular flexibility index (Phi) is 6.30. The number of nitrogens with zero attached hydrogens (tertiary/aromatic N) is 2. The zero-order valence-corrected chi connectivity index (χ0v) is 18.9. The molecule has 2 aromatic rings. The van der Waals surface area contributed by atoms with Gasteiger partial charge in [0.25, 0.3) is 5.56 Å². The van der Waals surface area contributed by atoms with Crippen LogP contribution in [0.25, 0.3) is 0 Å². The van der Waals surface area contributed by atoms with Crippen molar-refractivity contribution in [3.63, 3.8) is 0 Å². The Morgan fingerprint density at radius 2 is 1.97 bits per heavy atom. The quantitative estimate of drug-likeness (QED) is 0.661. The zero-order valence-electron chi connectivity index (χ0n) is 18.9. The number of rotatable bonds is 5. The van der Waals surface area contributed by atoms with E-state index in [0.29, 0.717) is 23.6 Å². The molecule has 170 valence electrons. The van der Waals surface area contributed by atoms with E-state index in [1.54, 1.807) is 0 Å². The van der Waals surface area contributed by atoms with Gasteiger partial charge in [-0.15, -0.1) is 0 Å². The van der Waals surface area contributed by atoms with Crippen molar-refractivity contribution in [2.24, 2.45) is 0 Å². The maximum atomic E-state index is 13.1. The van der Waals surface area contributed by atoms with Crippen LogP contribution in [0, 0.1) is 0 Å². The lowest BCUT2D eigenvalue weighted by atomic mass is 9.92. The second kappa shape index (κ2) is 9.14. The zero-order chi connectivity index (χ0) is 22.8. The van der Waals surface area contributed by atoms with Crippen LogP contribution in [0.4, 0.5) is 17.5 Å². The molecule has 1 aromatic heterocycles. The van der Waals surface area contributed by atoms with E-state index in [2.05, 4.69) is 46.3 Å². The normalized spacial score (nSPS) is 20.6. The van der Waals surface area contributed by atoms with Crippen molar-refractivity contribution in [1.82, 2.24) is 9.97 Å². The highest BCUT2D eigenvalue weighted by Crippen LogP contribution is 2.32. The lowest BCUT2D eigenvalue weighted by Gasteiger charge is -2.36. The van der Waals surface area contributed by atoms with Gasteiger partial charge in [-0.25, -0.2) is 0 Å². The molecule has 0 aliphatic carbocycles. The van der Waals surface area contributed by atoms with Crippen molar-refractivity contribution in [3.8, 4) is 0 Å². The van der Waals surface area contributed by atoms with Gasteiger partial charge in [0.1, 0.15) is 5.82 Å². The third kappa shape index (κ3) is 4.40. The maximum absolute atomic E-state index is 13.1. The maximum Gasteiger partial charge on any atom is 0.258 e. The number of hydrogen-bond acceptors (Lipinski definition) is 5. The van der Waals surface area contributed by atoms with E-state index in [1.165, 1.54) is 5.56 Å². The number of carbonyl (C=O) groups is 2. The van der Waals surface area contributed by atoms with Crippen LogP contribution >= 0.6 is 0 Å². The summed E-state index contributed by atoms with van der Waals surface area (Å²) < 4.78 is 0. The number of fused-ring (bicyclic) bond motifs is 1. The fraction of sp³-hybridized carbons (Fsp3) is 0.500. The number of piperidine rings is 1. The molecule has 1 saturated heterocycles. The molecule has 0 bridgehead atoms. The first-order valence-electron chi connectivity index (χ1n) is 11.5. The van der Waals surface area contributed by atoms with Gasteiger partial charge < -0.3 is 15.5 Å². The molecule has 2 aliphatic heterocycles. The first-order chi connectivity index (χ1) is 15.4. The van der Waals surface area contributed by atoms with E-state index in [4.69, 9.17) is 0 Å². The Balaban J connectivity index is 1.61. The topological polar surface area (TPSA) is 107 Å². The molecule has 2 aliphatic rings. The summed E-state index contributed by atoms with van der Waals surface area (Å²) in [5.41, 5.74) is 1.64. The molecule has 2 amide bonds. The van der Waals surface area contributed by atoms with Crippen LogP contribution < -0.4 is 21.1 Å². The average Bonchev–Trinajstić information content (AvgIpc) is 2.78. The Hall–Kier alpha value is -3.16. The lowest BCUT2D eigenvalue weighted by Crippen LogP contribution is -2.43. The Labute approximate surface area is 187 Å². The predicted molar refractivity (Wildman–Crippen MR) is 125 cm³/mol. The molecule has 2 atom stereocenters. The summed E-state index contributed by atoms with van der Waals surface area (Å²) in [5, 5.41) is 5.56. The van der Waals surface area contributed by atoms with Gasteiger partial charge in [0.15, 0.2) is 0 Å². The highest BCUT2D eigenvalue weighted by molar-refractivity contribution is 6.04. The number of aromatic amines is 1. The van der Waals surface area contributed by atoms with Crippen LogP contribution in [0.3, 0.4) is 0 Å². The smallest absolute Gasteiger partial charge is 0.258 e. The fourth-order valence-electron chi connectivity index (χ4n) is 4.60. The molecule has 0 radical (unpaired) electrons. The number of carbonyl (C=O) groups excluding carboxylic acids is 2. The van der Waals surface area contributed by atoms with Crippen LogP contribution in [-0.2, 0) is 9.59 Å². The molecule has 1 fully saturated rings. The van der Waals surface area contributed by atoms with E-state index in [0.717, 1.165) is 32.2 Å². The average molecular weight is 438 g/mol. The van der Waals surface area contributed by atoms with Crippen molar-refractivity contribution in [1.29, 1.82) is 0 Å². The predicted octanol–water partition coefficient (Wildman–Crippen LogP) is 3.73. The standard InChI is InChI=1S/C24H31N5O3/c1-4-17-7-5-6-12-29(17)24-27-21-20(23(32)28-24)18(13-19(30)26-21)22(31)25-16-10-8-15(9-11-16)14(2)3/h8-11,14,17-18H,4-7,12-13H2,1-3H3,(H,25,31)(H2,26,27,28,30,32)/t17-,18-/m0/s1. The number of anilines is 3. The Bertz CT molecular complexity index is 1060. The van der Waals surface area contributed by atoms with E-state index in [1.807, 2.05) is 24.3 Å². The summed E-state index contributed by atoms with van der Waals surface area (Å²) in [6.07, 6.45) is 4.10. The van der Waals surface area contributed by atoms with Gasteiger partial charge >= 0.3 is 0 Å². The Morgan fingerprint density at radius 1 is 1.22 bits per heavy atom. The largest absolute Gasteiger partial charge is 0.339 e. The van der Waals surface area contributed by atoms with Crippen LogP contribution in [0.1, 0.15) is 75.8 Å². The third-order valence-electron chi connectivity index (χ3n) is 6.47. The van der Waals surface area contributed by atoms with Crippen molar-refractivity contribution >= 4 is 29.3 Å². The number of nitrogens with one attached hydrogen (secondary N) is 3. The van der Waals surface area contributed by atoms with Gasteiger partial charge in [0.05, 0.1) is 11.5 Å². The molecule has 8 heteroatoms. The van der Waals surface area contributed by atoms with E-state index in [9.17, 15) is 14.4 Å². The van der Waals surface area contributed by atoms with Gasteiger partial charge in [-0.1, -0.05) is 32.9 Å². The van der Waals surface area contributed by atoms with E-state index >= 15 is 0 Å². The van der Waals surface area contributed by atoms with Crippen LogP contribution in [0.15, 0.2) is 29.1 Å². The van der Waals surface area contributed by atoms with Crippen molar-refractivity contribution in [2.75, 3.05) is 22.1 Å². The lowest BCUT2D eigenvalue weighted by molar-refractivity contribution is -0.123. The summed E-state index contributed by atoms with van der Waals surface area (Å²) in [6.45, 7) is 7.14. The third-order valence-corrected chi connectivity index (χ3v) is 6.47. The SMILES string of the molecule is CC[C@H]1CCCCN1c1nc2c(c(=O)[nH]1)[C@@H](C(=O)Nc1ccc(C(C)C)cc1)CC(=O)N2. The van der Waals surface area contributed by atoms with Gasteiger partial charge in [0, 0.05) is 24.7 Å². The van der Waals surface area contributed by atoms with Gasteiger partial charge in [-0.3, -0.25) is 19.4 Å². The number of H-pyrrole nitrogens is 1. The number of benzene rings is 1. The highest BCUT2D eigenvalue weighted by Gasteiger charge is 2.35. The minimum atomic E-state index is -0.892. The molecular weight excluding hydrogens is 406 g/mol. The van der Waals surface area contributed by atoms with E-state index in [-0.39, 0.29) is 35.2 Å². The molecule has 4 rings (SSSR count). The number of aromatic nitrogens is 2. The molecule has 3 heterocycles. The summed E-state index contributed by atoms with van der Waals surface area (Å²) in [6, 6.07) is 7.90. The number of amides is 2. The minimum Gasteiger partial charge on any atom is -0.339 e. The molecule has 0 unspecified atom stereocenters. The van der Waals surface area contributed by atoms with Crippen molar-refractivity contribution < 1.29 is 9.59 Å². The van der Waals surface area contributed by atoms with E-state index < -0.39 is 5.92 Å². The molecule has 3 N–H and O–H groups in total. The molecule has 0 spiro atoms. The minimum absolute atomic E-state index is 0.0890. The van der Waals surface area contributed by atoms with Gasteiger partial charge in [0.2, 0.25) is 17.8 Å².